The van der Waals surface area contributed by atoms with Gasteiger partial charge >= 0.3 is 0 Å². The third-order valence-corrected chi connectivity index (χ3v) is 2.44. The Labute approximate surface area is 71.8 Å². The second-order valence-corrected chi connectivity index (χ2v) is 3.31. The highest BCUT2D eigenvalue weighted by atomic mass is 16.6. The van der Waals surface area contributed by atoms with Gasteiger partial charge in [0.05, 0.1) is 12.2 Å². The highest BCUT2D eigenvalue weighted by Crippen LogP contribution is 2.25. The van der Waals surface area contributed by atoms with Gasteiger partial charge in [0.2, 0.25) is 0 Å². The van der Waals surface area contributed by atoms with Crippen molar-refractivity contribution in [2.24, 2.45) is 5.92 Å². The third kappa shape index (κ3) is 1.61. The smallest absolute Gasteiger partial charge is 0.160 e. The van der Waals surface area contributed by atoms with Crippen LogP contribution in [0.25, 0.3) is 0 Å². The lowest BCUT2D eigenvalue weighted by Crippen LogP contribution is -2.53. The van der Waals surface area contributed by atoms with E-state index in [1.54, 1.807) is 6.92 Å². The van der Waals surface area contributed by atoms with Gasteiger partial charge < -0.3 is 20.1 Å². The topological polar surface area (TPSA) is 69.9 Å². The highest BCUT2D eigenvalue weighted by molar-refractivity contribution is 4.85. The molecule has 4 nitrogen and oxygen atoms in total. The first kappa shape index (κ1) is 9.92. The fourth-order valence-electron chi connectivity index (χ4n) is 1.42. The SMILES string of the molecule is CC[C@H]1OC(O)[C@H](C)[C@@H](O)[C@@H]1O. The zero-order valence-corrected chi connectivity index (χ0v) is 7.34. The summed E-state index contributed by atoms with van der Waals surface area (Å²) >= 11 is 0. The van der Waals surface area contributed by atoms with Crippen molar-refractivity contribution in [2.45, 2.75) is 44.9 Å². The van der Waals surface area contributed by atoms with E-state index in [0.717, 1.165) is 0 Å². The van der Waals surface area contributed by atoms with Crippen LogP contribution in [0.3, 0.4) is 0 Å². The van der Waals surface area contributed by atoms with Crippen molar-refractivity contribution in [1.82, 2.24) is 0 Å². The van der Waals surface area contributed by atoms with Gasteiger partial charge in [0.1, 0.15) is 6.10 Å². The molecule has 1 fully saturated rings. The van der Waals surface area contributed by atoms with Gasteiger partial charge in [-0.25, -0.2) is 0 Å². The second kappa shape index (κ2) is 3.70. The average Bonchev–Trinajstić information content (AvgIpc) is 2.08. The maximum Gasteiger partial charge on any atom is 0.160 e. The molecule has 0 spiro atoms. The third-order valence-electron chi connectivity index (χ3n) is 2.44. The minimum absolute atomic E-state index is 0.428. The average molecular weight is 176 g/mol. The molecule has 1 aliphatic rings. The van der Waals surface area contributed by atoms with Crippen LogP contribution in [0.2, 0.25) is 0 Å². The molecule has 4 heteroatoms. The molecule has 72 valence electrons. The Morgan fingerprint density at radius 3 is 2.25 bits per heavy atom. The van der Waals surface area contributed by atoms with E-state index in [0.29, 0.717) is 6.42 Å². The molecular weight excluding hydrogens is 160 g/mol. The van der Waals surface area contributed by atoms with Crippen molar-refractivity contribution < 1.29 is 20.1 Å². The number of aliphatic hydroxyl groups excluding tert-OH is 3. The molecule has 0 saturated carbocycles. The van der Waals surface area contributed by atoms with Crippen molar-refractivity contribution >= 4 is 0 Å². The maximum atomic E-state index is 9.44. The first-order chi connectivity index (χ1) is 5.57. The molecular formula is C8H16O4. The summed E-state index contributed by atoms with van der Waals surface area (Å²) in [4.78, 5) is 0. The van der Waals surface area contributed by atoms with Gasteiger partial charge in [-0.1, -0.05) is 13.8 Å². The van der Waals surface area contributed by atoms with Gasteiger partial charge in [0, 0.05) is 5.92 Å². The lowest BCUT2D eigenvalue weighted by Gasteiger charge is -2.38. The highest BCUT2D eigenvalue weighted by Gasteiger charge is 2.40. The monoisotopic (exact) mass is 176 g/mol. The summed E-state index contributed by atoms with van der Waals surface area (Å²) < 4.78 is 5.08. The Morgan fingerprint density at radius 1 is 1.17 bits per heavy atom. The number of aliphatic hydroxyl groups is 3. The van der Waals surface area contributed by atoms with Gasteiger partial charge in [0.25, 0.3) is 0 Å². The summed E-state index contributed by atoms with van der Waals surface area (Å²) in [5.74, 6) is -0.428. The Kier molecular flexibility index (Phi) is 3.06. The van der Waals surface area contributed by atoms with E-state index in [1.165, 1.54) is 0 Å². The standard InChI is InChI=1S/C8H16O4/c1-3-5-7(10)6(9)4(2)8(11)12-5/h4-11H,3H2,1-2H3/t4-,5-,6-,7-,8?/m1/s1. The van der Waals surface area contributed by atoms with E-state index in [2.05, 4.69) is 0 Å². The van der Waals surface area contributed by atoms with E-state index in [9.17, 15) is 15.3 Å². The van der Waals surface area contributed by atoms with Crippen LogP contribution < -0.4 is 0 Å². The molecule has 3 N–H and O–H groups in total. The molecule has 1 aliphatic heterocycles. The van der Waals surface area contributed by atoms with Gasteiger partial charge in [0.15, 0.2) is 6.29 Å². The van der Waals surface area contributed by atoms with Crippen molar-refractivity contribution in [1.29, 1.82) is 0 Å². The Balaban J connectivity index is 2.63. The zero-order valence-electron chi connectivity index (χ0n) is 7.34. The minimum Gasteiger partial charge on any atom is -0.390 e. The first-order valence-electron chi connectivity index (χ1n) is 4.27. The Morgan fingerprint density at radius 2 is 1.75 bits per heavy atom. The van der Waals surface area contributed by atoms with Gasteiger partial charge in [-0.2, -0.15) is 0 Å². The molecule has 5 atom stereocenters. The molecule has 1 unspecified atom stereocenters. The van der Waals surface area contributed by atoms with E-state index >= 15 is 0 Å². The van der Waals surface area contributed by atoms with Crippen LogP contribution >= 0.6 is 0 Å². The van der Waals surface area contributed by atoms with E-state index in [1.807, 2.05) is 6.92 Å². The van der Waals surface area contributed by atoms with Gasteiger partial charge in [-0.3, -0.25) is 0 Å². The van der Waals surface area contributed by atoms with Gasteiger partial charge in [-0.05, 0) is 6.42 Å². The molecule has 1 heterocycles. The second-order valence-electron chi connectivity index (χ2n) is 3.31. The Hall–Kier alpha value is -0.160. The predicted molar refractivity (Wildman–Crippen MR) is 42.3 cm³/mol. The number of ether oxygens (including phenoxy) is 1. The zero-order chi connectivity index (χ0) is 9.30. The largest absolute Gasteiger partial charge is 0.390 e. The summed E-state index contributed by atoms with van der Waals surface area (Å²) in [7, 11) is 0. The van der Waals surface area contributed by atoms with E-state index in [-0.39, 0.29) is 0 Å². The molecule has 0 bridgehead atoms. The van der Waals surface area contributed by atoms with Crippen LogP contribution in [0.1, 0.15) is 20.3 Å². The first-order valence-corrected chi connectivity index (χ1v) is 4.27. The molecule has 0 aliphatic carbocycles. The summed E-state index contributed by atoms with van der Waals surface area (Å²) in [6.07, 6.45) is -2.60. The fraction of sp³-hybridized carbons (Fsp3) is 1.00. The lowest BCUT2D eigenvalue weighted by molar-refractivity contribution is -0.260. The van der Waals surface area contributed by atoms with Crippen molar-refractivity contribution in [3.63, 3.8) is 0 Å². The van der Waals surface area contributed by atoms with Crippen molar-refractivity contribution in [2.75, 3.05) is 0 Å². The molecule has 0 amide bonds. The van der Waals surface area contributed by atoms with Crippen molar-refractivity contribution in [3.05, 3.63) is 0 Å². The molecule has 1 rings (SSSR count). The molecule has 0 aromatic rings. The summed E-state index contributed by atoms with van der Waals surface area (Å²) in [5, 5.41) is 28.1. The van der Waals surface area contributed by atoms with Crippen LogP contribution in [-0.4, -0.2) is 39.9 Å². The molecule has 12 heavy (non-hydrogen) atoms. The van der Waals surface area contributed by atoms with Crippen LogP contribution in [-0.2, 0) is 4.74 Å². The number of hydrogen-bond acceptors (Lipinski definition) is 4. The maximum absolute atomic E-state index is 9.44. The molecule has 1 saturated heterocycles. The summed E-state index contributed by atoms with van der Waals surface area (Å²) in [6, 6.07) is 0. The molecule has 0 aromatic carbocycles. The lowest BCUT2D eigenvalue weighted by atomic mass is 9.91. The number of rotatable bonds is 1. The normalized spacial score (nSPS) is 49.2. The summed E-state index contributed by atoms with van der Waals surface area (Å²) in [6.45, 7) is 3.48. The minimum atomic E-state index is -0.964. The van der Waals surface area contributed by atoms with Crippen LogP contribution in [0.4, 0.5) is 0 Å². The summed E-state index contributed by atoms with van der Waals surface area (Å²) in [5.41, 5.74) is 0. The Bertz CT molecular complexity index is 145. The molecule has 0 aromatic heterocycles. The number of hydrogen-bond donors (Lipinski definition) is 3. The predicted octanol–water partition coefficient (Wildman–Crippen LogP) is -0.528. The van der Waals surface area contributed by atoms with Crippen LogP contribution in [0, 0.1) is 5.92 Å². The van der Waals surface area contributed by atoms with Crippen LogP contribution in [0.5, 0.6) is 0 Å². The van der Waals surface area contributed by atoms with E-state index in [4.69, 9.17) is 4.74 Å². The van der Waals surface area contributed by atoms with Crippen LogP contribution in [0.15, 0.2) is 0 Å². The van der Waals surface area contributed by atoms with Gasteiger partial charge in [-0.15, -0.1) is 0 Å². The fourth-order valence-corrected chi connectivity index (χ4v) is 1.42. The van der Waals surface area contributed by atoms with Crippen molar-refractivity contribution in [3.8, 4) is 0 Å². The molecule has 0 radical (unpaired) electrons. The quantitative estimate of drug-likeness (QED) is 0.502. The van der Waals surface area contributed by atoms with E-state index < -0.39 is 30.5 Å².